The van der Waals surface area contributed by atoms with Gasteiger partial charge in [-0.3, -0.25) is 4.79 Å². The van der Waals surface area contributed by atoms with Crippen molar-refractivity contribution in [3.05, 3.63) is 71.3 Å². The second-order valence-corrected chi connectivity index (χ2v) is 7.27. The van der Waals surface area contributed by atoms with Crippen molar-refractivity contribution >= 4 is 5.91 Å². The van der Waals surface area contributed by atoms with Gasteiger partial charge in [0.2, 0.25) is 5.91 Å². The van der Waals surface area contributed by atoms with Crippen molar-refractivity contribution in [1.82, 2.24) is 10.6 Å². The molecule has 2 aromatic carbocycles. The molecule has 0 bridgehead atoms. The van der Waals surface area contributed by atoms with Crippen LogP contribution in [0.1, 0.15) is 49.5 Å². The Bertz CT molecular complexity index is 680. The zero-order chi connectivity index (χ0) is 18.4. The fraction of sp³-hybridized carbons (Fsp3) is 0.381. The van der Waals surface area contributed by atoms with E-state index in [1.54, 1.807) is 0 Å². The number of carbonyl (C=O) groups excluding carboxylic acids is 1. The van der Waals surface area contributed by atoms with E-state index in [0.717, 1.165) is 11.1 Å². The first-order valence-corrected chi connectivity index (χ1v) is 8.71. The van der Waals surface area contributed by atoms with E-state index in [1.807, 2.05) is 49.4 Å². The third kappa shape index (κ3) is 5.69. The van der Waals surface area contributed by atoms with Gasteiger partial charge in [-0.1, -0.05) is 60.2 Å². The summed E-state index contributed by atoms with van der Waals surface area (Å²) in [7, 11) is 0. The SMILES string of the molecule is Cc1ccc(C(N)C(=O)NCC(C)(C)NC(C)c2ccccc2)cc1. The predicted octanol–water partition coefficient (Wildman–Crippen LogP) is 3.24. The summed E-state index contributed by atoms with van der Waals surface area (Å²) in [6.45, 7) is 8.78. The number of carbonyl (C=O) groups is 1. The molecule has 0 aliphatic carbocycles. The normalized spacial score (nSPS) is 14.0. The lowest BCUT2D eigenvalue weighted by Crippen LogP contribution is -2.51. The quantitative estimate of drug-likeness (QED) is 0.725. The van der Waals surface area contributed by atoms with Crippen LogP contribution in [0.2, 0.25) is 0 Å². The molecule has 0 aromatic heterocycles. The lowest BCUT2D eigenvalue weighted by Gasteiger charge is -2.31. The second kappa shape index (κ2) is 8.28. The first-order valence-electron chi connectivity index (χ1n) is 8.71. The number of aryl methyl sites for hydroxylation is 1. The van der Waals surface area contributed by atoms with Crippen LogP contribution in [0.5, 0.6) is 0 Å². The largest absolute Gasteiger partial charge is 0.353 e. The van der Waals surface area contributed by atoms with Crippen LogP contribution in [0.3, 0.4) is 0 Å². The maximum absolute atomic E-state index is 12.4. The van der Waals surface area contributed by atoms with Gasteiger partial charge in [-0.15, -0.1) is 0 Å². The third-order valence-electron chi connectivity index (χ3n) is 4.33. The number of nitrogens with one attached hydrogen (secondary N) is 2. The molecule has 4 nitrogen and oxygen atoms in total. The maximum Gasteiger partial charge on any atom is 0.241 e. The Morgan fingerprint density at radius 3 is 2.24 bits per heavy atom. The van der Waals surface area contributed by atoms with E-state index in [9.17, 15) is 4.79 Å². The summed E-state index contributed by atoms with van der Waals surface area (Å²) < 4.78 is 0. The van der Waals surface area contributed by atoms with Crippen molar-refractivity contribution in [1.29, 1.82) is 0 Å². The van der Waals surface area contributed by atoms with Crippen molar-refractivity contribution < 1.29 is 4.79 Å². The van der Waals surface area contributed by atoms with E-state index in [2.05, 4.69) is 43.5 Å². The molecular weight excluding hydrogens is 310 g/mol. The van der Waals surface area contributed by atoms with Crippen molar-refractivity contribution in [2.24, 2.45) is 5.73 Å². The topological polar surface area (TPSA) is 67.2 Å². The Hall–Kier alpha value is -2.17. The first-order chi connectivity index (χ1) is 11.8. The molecule has 2 rings (SSSR count). The van der Waals surface area contributed by atoms with Crippen molar-refractivity contribution in [2.45, 2.75) is 45.3 Å². The van der Waals surface area contributed by atoms with Gasteiger partial charge in [-0.2, -0.15) is 0 Å². The molecule has 25 heavy (non-hydrogen) atoms. The first kappa shape index (κ1) is 19.2. The van der Waals surface area contributed by atoms with Gasteiger partial charge in [0.1, 0.15) is 6.04 Å². The molecule has 0 heterocycles. The number of hydrogen-bond donors (Lipinski definition) is 3. The van der Waals surface area contributed by atoms with E-state index >= 15 is 0 Å². The van der Waals surface area contributed by atoms with Gasteiger partial charge in [-0.05, 0) is 38.8 Å². The summed E-state index contributed by atoms with van der Waals surface area (Å²) in [6, 6.07) is 17.5. The van der Waals surface area contributed by atoms with Crippen LogP contribution < -0.4 is 16.4 Å². The lowest BCUT2D eigenvalue weighted by atomic mass is 10.00. The van der Waals surface area contributed by atoms with Crippen molar-refractivity contribution in [2.75, 3.05) is 6.54 Å². The summed E-state index contributed by atoms with van der Waals surface area (Å²) in [6.07, 6.45) is 0. The van der Waals surface area contributed by atoms with Crippen molar-refractivity contribution in [3.63, 3.8) is 0 Å². The van der Waals surface area contributed by atoms with E-state index in [4.69, 9.17) is 5.73 Å². The van der Waals surface area contributed by atoms with Gasteiger partial charge in [-0.25, -0.2) is 0 Å². The molecule has 0 aliphatic rings. The van der Waals surface area contributed by atoms with Gasteiger partial charge in [0.05, 0.1) is 0 Å². The Kier molecular flexibility index (Phi) is 6.34. The Labute approximate surface area is 150 Å². The molecule has 0 spiro atoms. The van der Waals surface area contributed by atoms with Gasteiger partial charge in [0.25, 0.3) is 0 Å². The molecule has 2 atom stereocenters. The summed E-state index contributed by atoms with van der Waals surface area (Å²) in [5.41, 5.74) is 9.02. The minimum atomic E-state index is -0.650. The zero-order valence-corrected chi connectivity index (χ0v) is 15.5. The van der Waals surface area contributed by atoms with Gasteiger partial charge in [0, 0.05) is 18.1 Å². The molecule has 0 aliphatic heterocycles. The smallest absolute Gasteiger partial charge is 0.241 e. The number of benzene rings is 2. The molecule has 4 heteroatoms. The zero-order valence-electron chi connectivity index (χ0n) is 15.5. The molecule has 1 amide bonds. The number of amides is 1. The molecule has 4 N–H and O–H groups in total. The van der Waals surface area contributed by atoms with E-state index in [0.29, 0.717) is 6.54 Å². The number of nitrogens with two attached hydrogens (primary N) is 1. The average molecular weight is 339 g/mol. The Morgan fingerprint density at radius 2 is 1.64 bits per heavy atom. The molecule has 0 fully saturated rings. The van der Waals surface area contributed by atoms with E-state index in [1.165, 1.54) is 5.56 Å². The predicted molar refractivity (Wildman–Crippen MR) is 103 cm³/mol. The molecule has 0 saturated carbocycles. The lowest BCUT2D eigenvalue weighted by molar-refractivity contribution is -0.122. The van der Waals surface area contributed by atoms with Gasteiger partial charge >= 0.3 is 0 Å². The van der Waals surface area contributed by atoms with E-state index in [-0.39, 0.29) is 17.5 Å². The van der Waals surface area contributed by atoms with Crippen molar-refractivity contribution in [3.8, 4) is 0 Å². The molecule has 134 valence electrons. The Morgan fingerprint density at radius 1 is 1.04 bits per heavy atom. The van der Waals surface area contributed by atoms with Gasteiger partial charge in [0.15, 0.2) is 0 Å². The minimum absolute atomic E-state index is 0.161. The second-order valence-electron chi connectivity index (χ2n) is 7.27. The molecule has 2 aromatic rings. The van der Waals surface area contributed by atoms with Crippen LogP contribution >= 0.6 is 0 Å². The molecular formula is C21H29N3O. The van der Waals surface area contributed by atoms with Gasteiger partial charge < -0.3 is 16.4 Å². The van der Waals surface area contributed by atoms with Crippen LogP contribution in [0.4, 0.5) is 0 Å². The summed E-state index contributed by atoms with van der Waals surface area (Å²) in [5, 5.41) is 6.52. The van der Waals surface area contributed by atoms with E-state index < -0.39 is 6.04 Å². The number of hydrogen-bond acceptors (Lipinski definition) is 3. The van der Waals surface area contributed by atoms with Crippen LogP contribution in [0.15, 0.2) is 54.6 Å². The molecule has 2 unspecified atom stereocenters. The molecule has 0 saturated heterocycles. The average Bonchev–Trinajstić information content (AvgIpc) is 2.60. The van der Waals surface area contributed by atoms with Crippen LogP contribution in [0.25, 0.3) is 0 Å². The highest BCUT2D eigenvalue weighted by Crippen LogP contribution is 2.16. The number of rotatable bonds is 7. The molecule has 0 radical (unpaired) electrons. The third-order valence-corrected chi connectivity index (χ3v) is 4.33. The Balaban J connectivity index is 1.89. The summed E-state index contributed by atoms with van der Waals surface area (Å²) >= 11 is 0. The maximum atomic E-state index is 12.4. The summed E-state index contributed by atoms with van der Waals surface area (Å²) in [4.78, 5) is 12.4. The fourth-order valence-electron chi connectivity index (χ4n) is 2.81. The standard InChI is InChI=1S/C21H29N3O/c1-15-10-12-18(13-11-15)19(22)20(25)23-14-21(3,4)24-16(2)17-8-6-5-7-9-17/h5-13,16,19,24H,14,22H2,1-4H3,(H,23,25). The van der Waals surface area contributed by atoms with Crippen LogP contribution in [0, 0.1) is 6.92 Å². The highest BCUT2D eigenvalue weighted by molar-refractivity contribution is 5.83. The van der Waals surface area contributed by atoms with Crippen LogP contribution in [-0.2, 0) is 4.79 Å². The fourth-order valence-corrected chi connectivity index (χ4v) is 2.81. The monoisotopic (exact) mass is 339 g/mol. The summed E-state index contributed by atoms with van der Waals surface area (Å²) in [5.74, 6) is -0.161. The van der Waals surface area contributed by atoms with Crippen LogP contribution in [-0.4, -0.2) is 18.0 Å². The highest BCUT2D eigenvalue weighted by atomic mass is 16.2. The minimum Gasteiger partial charge on any atom is -0.353 e. The highest BCUT2D eigenvalue weighted by Gasteiger charge is 2.23.